The van der Waals surface area contributed by atoms with Gasteiger partial charge in [-0.1, -0.05) is 36.6 Å². The van der Waals surface area contributed by atoms with Gasteiger partial charge in [0.1, 0.15) is 0 Å². The minimum absolute atomic E-state index is 0.182. The number of unbranched alkanes of at least 4 members (excludes halogenated alkanes) is 2. The van der Waals surface area contributed by atoms with Crippen LogP contribution in [0, 0.1) is 6.92 Å². The molecule has 1 aliphatic carbocycles. The maximum atomic E-state index is 12.1. The number of hydrogen-bond donors (Lipinski definition) is 0. The van der Waals surface area contributed by atoms with E-state index in [9.17, 15) is 13.2 Å². The monoisotopic (exact) mass is 378 g/mol. The number of carbonyl (C=O) groups is 1. The Labute approximate surface area is 157 Å². The summed E-state index contributed by atoms with van der Waals surface area (Å²) in [6.45, 7) is 4.23. The summed E-state index contributed by atoms with van der Waals surface area (Å²) in [5, 5.41) is 0. The van der Waals surface area contributed by atoms with E-state index in [0.717, 1.165) is 56.1 Å². The molecule has 26 heavy (non-hydrogen) atoms. The van der Waals surface area contributed by atoms with Crippen LogP contribution in [-0.4, -0.2) is 20.8 Å². The summed E-state index contributed by atoms with van der Waals surface area (Å²) in [6.07, 6.45) is 8.07. The Bertz CT molecular complexity index is 730. The predicted octanol–water partition coefficient (Wildman–Crippen LogP) is 5.11. The van der Waals surface area contributed by atoms with Crippen molar-refractivity contribution in [3.63, 3.8) is 0 Å². The van der Waals surface area contributed by atoms with Crippen LogP contribution in [0.1, 0.15) is 70.3 Å². The Morgan fingerprint density at radius 1 is 1.00 bits per heavy atom. The molecule has 1 aromatic rings. The molecule has 0 saturated heterocycles. The minimum Gasteiger partial charge on any atom is -0.295 e. The maximum absolute atomic E-state index is 12.1. The van der Waals surface area contributed by atoms with E-state index in [0.29, 0.717) is 18.6 Å². The van der Waals surface area contributed by atoms with Crippen LogP contribution < -0.4 is 0 Å². The van der Waals surface area contributed by atoms with Gasteiger partial charge in [0.25, 0.3) is 10.1 Å². The van der Waals surface area contributed by atoms with Crippen LogP contribution in [0.2, 0.25) is 0 Å². The van der Waals surface area contributed by atoms with Gasteiger partial charge in [0.15, 0.2) is 5.78 Å². The Morgan fingerprint density at radius 3 is 2.42 bits per heavy atom. The molecule has 1 aliphatic rings. The van der Waals surface area contributed by atoms with Gasteiger partial charge in [0, 0.05) is 6.42 Å². The zero-order chi connectivity index (χ0) is 19.0. The number of benzene rings is 1. The number of rotatable bonds is 10. The van der Waals surface area contributed by atoms with Crippen molar-refractivity contribution < 1.29 is 17.4 Å². The van der Waals surface area contributed by atoms with Crippen LogP contribution >= 0.6 is 0 Å². The van der Waals surface area contributed by atoms with Crippen LogP contribution in [0.4, 0.5) is 0 Å². The van der Waals surface area contributed by atoms with E-state index in [2.05, 4.69) is 6.92 Å². The van der Waals surface area contributed by atoms with Crippen LogP contribution in [0.3, 0.4) is 0 Å². The van der Waals surface area contributed by atoms with Crippen molar-refractivity contribution in [2.24, 2.45) is 0 Å². The molecule has 0 heterocycles. The Hall–Kier alpha value is -1.46. The highest BCUT2D eigenvalue weighted by Crippen LogP contribution is 2.29. The van der Waals surface area contributed by atoms with E-state index in [4.69, 9.17) is 4.18 Å². The van der Waals surface area contributed by atoms with E-state index >= 15 is 0 Å². The number of allylic oxidation sites excluding steroid dienone is 2. The lowest BCUT2D eigenvalue weighted by molar-refractivity contribution is -0.116. The Morgan fingerprint density at radius 2 is 1.73 bits per heavy atom. The van der Waals surface area contributed by atoms with Crippen molar-refractivity contribution >= 4 is 15.9 Å². The van der Waals surface area contributed by atoms with E-state index in [-0.39, 0.29) is 11.5 Å². The van der Waals surface area contributed by atoms with Gasteiger partial charge in [-0.2, -0.15) is 8.42 Å². The molecule has 4 nitrogen and oxygen atoms in total. The molecule has 0 spiro atoms. The zero-order valence-electron chi connectivity index (χ0n) is 15.9. The zero-order valence-corrected chi connectivity index (χ0v) is 16.7. The molecule has 0 bridgehead atoms. The van der Waals surface area contributed by atoms with E-state index in [1.807, 2.05) is 6.92 Å². The fraction of sp³-hybridized carbons (Fsp3) is 0.571. The average Bonchev–Trinajstić information content (AvgIpc) is 2.61. The minimum atomic E-state index is -3.68. The van der Waals surface area contributed by atoms with Gasteiger partial charge in [-0.3, -0.25) is 8.98 Å². The maximum Gasteiger partial charge on any atom is 0.296 e. The fourth-order valence-electron chi connectivity index (χ4n) is 3.29. The second-order valence-corrected chi connectivity index (χ2v) is 8.62. The molecule has 5 heteroatoms. The molecule has 0 atom stereocenters. The fourth-order valence-corrected chi connectivity index (χ4v) is 4.23. The molecule has 0 saturated carbocycles. The van der Waals surface area contributed by atoms with Gasteiger partial charge in [0.2, 0.25) is 0 Å². The highest BCUT2D eigenvalue weighted by molar-refractivity contribution is 7.86. The normalized spacial score (nSPS) is 15.5. The van der Waals surface area contributed by atoms with Gasteiger partial charge in [-0.05, 0) is 69.6 Å². The summed E-state index contributed by atoms with van der Waals surface area (Å²) in [7, 11) is -3.68. The van der Waals surface area contributed by atoms with Crippen LogP contribution in [0.15, 0.2) is 40.3 Å². The molecular weight excluding hydrogens is 348 g/mol. The van der Waals surface area contributed by atoms with Gasteiger partial charge in [-0.25, -0.2) is 0 Å². The predicted molar refractivity (Wildman–Crippen MR) is 104 cm³/mol. The van der Waals surface area contributed by atoms with Crippen molar-refractivity contribution in [1.29, 1.82) is 0 Å². The second-order valence-electron chi connectivity index (χ2n) is 7.01. The summed E-state index contributed by atoms with van der Waals surface area (Å²) in [4.78, 5) is 12.3. The first-order chi connectivity index (χ1) is 12.4. The standard InChI is InChI=1S/C21H30O4S/c1-3-4-10-20-18(9-7-11-21(20)22)8-5-6-16-25-26(23,24)19-14-12-17(2)13-15-19/h12-15H,3-11,16H2,1-2H3. The summed E-state index contributed by atoms with van der Waals surface area (Å²) in [5.74, 6) is 0.317. The number of aryl methyl sites for hydroxylation is 1. The van der Waals surface area contributed by atoms with E-state index < -0.39 is 10.1 Å². The largest absolute Gasteiger partial charge is 0.296 e. The lowest BCUT2D eigenvalue weighted by atomic mass is 9.85. The van der Waals surface area contributed by atoms with E-state index in [1.165, 1.54) is 5.57 Å². The second kappa shape index (κ2) is 10.0. The summed E-state index contributed by atoms with van der Waals surface area (Å²) in [6, 6.07) is 6.67. The van der Waals surface area contributed by atoms with Crippen LogP contribution in [-0.2, 0) is 19.1 Å². The summed E-state index contributed by atoms with van der Waals surface area (Å²) < 4.78 is 29.4. The molecule has 0 fully saturated rings. The van der Waals surface area contributed by atoms with Crippen molar-refractivity contribution in [3.8, 4) is 0 Å². The highest BCUT2D eigenvalue weighted by Gasteiger charge is 2.19. The third-order valence-electron chi connectivity index (χ3n) is 4.85. The molecule has 1 aromatic carbocycles. The van der Waals surface area contributed by atoms with E-state index in [1.54, 1.807) is 24.3 Å². The van der Waals surface area contributed by atoms with Gasteiger partial charge in [-0.15, -0.1) is 0 Å². The van der Waals surface area contributed by atoms with Crippen molar-refractivity contribution in [2.75, 3.05) is 6.61 Å². The smallest absolute Gasteiger partial charge is 0.295 e. The van der Waals surface area contributed by atoms with Gasteiger partial charge >= 0.3 is 0 Å². The molecule has 0 radical (unpaired) electrons. The molecule has 2 rings (SSSR count). The summed E-state index contributed by atoms with van der Waals surface area (Å²) >= 11 is 0. The number of Topliss-reactive ketones (excluding diaryl/α,β-unsaturated/α-hetero) is 1. The first-order valence-corrected chi connectivity index (χ1v) is 11.0. The third-order valence-corrected chi connectivity index (χ3v) is 6.17. The first kappa shape index (κ1) is 20.8. The first-order valence-electron chi connectivity index (χ1n) is 9.64. The molecule has 0 amide bonds. The number of hydrogen-bond acceptors (Lipinski definition) is 4. The highest BCUT2D eigenvalue weighted by atomic mass is 32.2. The topological polar surface area (TPSA) is 60.4 Å². The molecular formula is C21H30O4S. The quantitative estimate of drug-likeness (QED) is 0.419. The van der Waals surface area contributed by atoms with Gasteiger partial charge < -0.3 is 0 Å². The Kier molecular flexibility index (Phi) is 8.04. The summed E-state index contributed by atoms with van der Waals surface area (Å²) in [5.41, 5.74) is 3.35. The molecule has 0 aliphatic heterocycles. The van der Waals surface area contributed by atoms with Crippen molar-refractivity contribution in [1.82, 2.24) is 0 Å². The van der Waals surface area contributed by atoms with Gasteiger partial charge in [0.05, 0.1) is 11.5 Å². The number of ketones is 1. The lowest BCUT2D eigenvalue weighted by Gasteiger charge is -2.19. The SMILES string of the molecule is CCCCC1=C(CCCCOS(=O)(=O)c2ccc(C)cc2)CCCC1=O. The third kappa shape index (κ3) is 6.06. The average molecular weight is 379 g/mol. The molecule has 144 valence electrons. The van der Waals surface area contributed by atoms with Crippen LogP contribution in [0.25, 0.3) is 0 Å². The Balaban J connectivity index is 1.82. The molecule has 0 N–H and O–H groups in total. The van der Waals surface area contributed by atoms with Crippen LogP contribution in [0.5, 0.6) is 0 Å². The van der Waals surface area contributed by atoms with Crippen molar-refractivity contribution in [2.45, 2.75) is 76.5 Å². The van der Waals surface area contributed by atoms with Crippen molar-refractivity contribution in [3.05, 3.63) is 41.0 Å². The lowest BCUT2D eigenvalue weighted by Crippen LogP contribution is -2.12. The number of carbonyl (C=O) groups excluding carboxylic acids is 1. The molecule has 0 unspecified atom stereocenters. The molecule has 0 aromatic heterocycles.